The molecular formula is C17H18N4O5S. The minimum Gasteiger partial charge on any atom is -0.453 e. The molecule has 1 aromatic carbocycles. The van der Waals surface area contributed by atoms with Gasteiger partial charge < -0.3 is 20.1 Å². The number of ether oxygens (including phenoxy) is 2. The van der Waals surface area contributed by atoms with E-state index in [0.717, 1.165) is 18.2 Å². The molecule has 0 saturated carbocycles. The second-order valence-electron chi connectivity index (χ2n) is 5.07. The third-order valence-corrected chi connectivity index (χ3v) is 4.09. The van der Waals surface area contributed by atoms with Gasteiger partial charge >= 0.3 is 12.2 Å². The SMILES string of the molecule is COC(=O)N=C(NC(=O)OC)Nc1c(-c2ccccc2)csc1NC(C)=O. The smallest absolute Gasteiger partial charge is 0.436 e. The lowest BCUT2D eigenvalue weighted by Gasteiger charge is -2.13. The first-order chi connectivity index (χ1) is 12.9. The average Bonchev–Trinajstić information content (AvgIpc) is 3.03. The second-order valence-corrected chi connectivity index (χ2v) is 5.95. The number of carbonyl (C=O) groups excluding carboxylic acids is 3. The van der Waals surface area contributed by atoms with Gasteiger partial charge in [-0.25, -0.2) is 9.59 Å². The minimum atomic E-state index is -0.925. The van der Waals surface area contributed by atoms with Crippen molar-refractivity contribution >= 4 is 46.1 Å². The Hall–Kier alpha value is -3.40. The summed E-state index contributed by atoms with van der Waals surface area (Å²) in [6.07, 6.45) is -1.76. The van der Waals surface area contributed by atoms with Crippen LogP contribution in [0.15, 0.2) is 40.7 Å². The number of nitrogens with one attached hydrogen (secondary N) is 3. The summed E-state index contributed by atoms with van der Waals surface area (Å²) in [5.74, 6) is -0.484. The van der Waals surface area contributed by atoms with Crippen LogP contribution in [-0.4, -0.2) is 38.3 Å². The van der Waals surface area contributed by atoms with Crippen LogP contribution in [0.25, 0.3) is 11.1 Å². The molecule has 1 heterocycles. The molecule has 3 amide bonds. The van der Waals surface area contributed by atoms with Crippen molar-refractivity contribution in [1.82, 2.24) is 5.32 Å². The van der Waals surface area contributed by atoms with Crippen LogP contribution < -0.4 is 16.0 Å². The molecule has 1 aromatic heterocycles. The Morgan fingerprint density at radius 3 is 2.33 bits per heavy atom. The first-order valence-electron chi connectivity index (χ1n) is 7.67. The Morgan fingerprint density at radius 1 is 1.04 bits per heavy atom. The molecule has 0 saturated heterocycles. The van der Waals surface area contributed by atoms with Crippen LogP contribution in [0.1, 0.15) is 6.92 Å². The number of hydrogen-bond donors (Lipinski definition) is 3. The quantitative estimate of drug-likeness (QED) is 0.547. The highest BCUT2D eigenvalue weighted by atomic mass is 32.1. The van der Waals surface area contributed by atoms with Gasteiger partial charge in [0, 0.05) is 17.9 Å². The van der Waals surface area contributed by atoms with Gasteiger partial charge in [0.25, 0.3) is 0 Å². The standard InChI is InChI=1S/C17H18N4O5S/c1-10(22)18-14-13(12(9-27-14)11-7-5-4-6-8-11)19-15(20-16(23)25-2)21-17(24)26-3/h4-9H,1-3H3,(H,18,22)(H2,19,20,21,23,24). The molecule has 0 aliphatic rings. The molecule has 0 aliphatic heterocycles. The molecule has 10 heteroatoms. The third-order valence-electron chi connectivity index (χ3n) is 3.19. The van der Waals surface area contributed by atoms with Crippen molar-refractivity contribution in [1.29, 1.82) is 0 Å². The van der Waals surface area contributed by atoms with Crippen LogP contribution >= 0.6 is 11.3 Å². The summed E-state index contributed by atoms with van der Waals surface area (Å²) in [6, 6.07) is 9.38. The maximum absolute atomic E-state index is 11.6. The molecule has 0 bridgehead atoms. The lowest BCUT2D eigenvalue weighted by atomic mass is 10.1. The Labute approximate surface area is 159 Å². The molecule has 2 aromatic rings. The Morgan fingerprint density at radius 2 is 1.74 bits per heavy atom. The molecule has 0 radical (unpaired) electrons. The monoisotopic (exact) mass is 390 g/mol. The molecule has 142 valence electrons. The first kappa shape index (κ1) is 19.9. The molecule has 0 unspecified atom stereocenters. The Balaban J connectivity index is 2.47. The summed E-state index contributed by atoms with van der Waals surface area (Å²) in [7, 11) is 2.33. The molecular weight excluding hydrogens is 372 g/mol. The zero-order valence-electron chi connectivity index (χ0n) is 14.9. The van der Waals surface area contributed by atoms with E-state index in [9.17, 15) is 14.4 Å². The fourth-order valence-electron chi connectivity index (χ4n) is 2.05. The van der Waals surface area contributed by atoms with E-state index >= 15 is 0 Å². The largest absolute Gasteiger partial charge is 0.453 e. The van der Waals surface area contributed by atoms with E-state index in [0.29, 0.717) is 10.7 Å². The molecule has 0 spiro atoms. The minimum absolute atomic E-state index is 0.212. The number of guanidine groups is 1. The fourth-order valence-corrected chi connectivity index (χ4v) is 3.03. The van der Waals surface area contributed by atoms with Crippen molar-refractivity contribution in [2.45, 2.75) is 6.92 Å². The molecule has 27 heavy (non-hydrogen) atoms. The number of amides is 3. The van der Waals surface area contributed by atoms with Gasteiger partial charge in [0.1, 0.15) is 5.00 Å². The van der Waals surface area contributed by atoms with Gasteiger partial charge in [-0.15, -0.1) is 16.3 Å². The Bertz CT molecular complexity index is 863. The number of methoxy groups -OCH3 is 2. The van der Waals surface area contributed by atoms with Crippen molar-refractivity contribution in [2.24, 2.45) is 4.99 Å². The van der Waals surface area contributed by atoms with Crippen molar-refractivity contribution in [3.8, 4) is 11.1 Å². The van der Waals surface area contributed by atoms with Crippen molar-refractivity contribution in [2.75, 3.05) is 24.9 Å². The number of carbonyl (C=O) groups is 3. The van der Waals surface area contributed by atoms with E-state index in [1.165, 1.54) is 25.4 Å². The maximum atomic E-state index is 11.6. The molecule has 0 atom stereocenters. The van der Waals surface area contributed by atoms with E-state index in [-0.39, 0.29) is 11.9 Å². The van der Waals surface area contributed by atoms with Crippen LogP contribution in [0.2, 0.25) is 0 Å². The topological polar surface area (TPSA) is 118 Å². The number of rotatable bonds is 3. The number of hydrogen-bond acceptors (Lipinski definition) is 6. The van der Waals surface area contributed by atoms with Gasteiger partial charge in [-0.05, 0) is 5.56 Å². The number of benzene rings is 1. The maximum Gasteiger partial charge on any atom is 0.436 e. The number of nitrogens with zero attached hydrogens (tertiary/aromatic N) is 1. The highest BCUT2D eigenvalue weighted by Gasteiger charge is 2.18. The van der Waals surface area contributed by atoms with Crippen molar-refractivity contribution in [3.63, 3.8) is 0 Å². The first-order valence-corrected chi connectivity index (χ1v) is 8.55. The van der Waals surface area contributed by atoms with Crippen LogP contribution in [0.3, 0.4) is 0 Å². The molecule has 0 aliphatic carbocycles. The summed E-state index contributed by atoms with van der Waals surface area (Å²) in [5.41, 5.74) is 2.07. The zero-order valence-corrected chi connectivity index (χ0v) is 15.7. The average molecular weight is 390 g/mol. The van der Waals surface area contributed by atoms with E-state index in [2.05, 4.69) is 30.4 Å². The predicted octanol–water partition coefficient (Wildman–Crippen LogP) is 3.26. The summed E-state index contributed by atoms with van der Waals surface area (Å²) in [6.45, 7) is 1.38. The van der Waals surface area contributed by atoms with E-state index in [1.807, 2.05) is 35.7 Å². The fraction of sp³-hybridized carbons (Fsp3) is 0.176. The van der Waals surface area contributed by atoms with Gasteiger partial charge in [-0.3, -0.25) is 10.1 Å². The lowest BCUT2D eigenvalue weighted by molar-refractivity contribution is -0.114. The van der Waals surface area contributed by atoms with E-state index in [1.54, 1.807) is 0 Å². The lowest BCUT2D eigenvalue weighted by Crippen LogP contribution is -2.36. The second kappa shape index (κ2) is 9.34. The summed E-state index contributed by atoms with van der Waals surface area (Å²) in [5, 5.41) is 10.2. The number of anilines is 2. The van der Waals surface area contributed by atoms with Crippen molar-refractivity contribution < 1.29 is 23.9 Å². The van der Waals surface area contributed by atoms with Gasteiger partial charge in [0.05, 0.1) is 19.9 Å². The normalized spacial score (nSPS) is 10.7. The summed E-state index contributed by atoms with van der Waals surface area (Å²) < 4.78 is 9.03. The highest BCUT2D eigenvalue weighted by Crippen LogP contribution is 2.40. The summed E-state index contributed by atoms with van der Waals surface area (Å²) in [4.78, 5) is 38.2. The Kier molecular flexibility index (Phi) is 6.89. The van der Waals surface area contributed by atoms with Gasteiger partial charge in [0.2, 0.25) is 11.9 Å². The molecule has 2 rings (SSSR count). The number of aliphatic imine (C=N–C) groups is 1. The van der Waals surface area contributed by atoms with Crippen LogP contribution in [-0.2, 0) is 14.3 Å². The molecule has 0 fully saturated rings. The molecule has 3 N–H and O–H groups in total. The van der Waals surface area contributed by atoms with Crippen LogP contribution in [0.5, 0.6) is 0 Å². The van der Waals surface area contributed by atoms with Crippen LogP contribution in [0, 0.1) is 0 Å². The van der Waals surface area contributed by atoms with Gasteiger partial charge in [0.15, 0.2) is 0 Å². The predicted molar refractivity (Wildman–Crippen MR) is 103 cm³/mol. The van der Waals surface area contributed by atoms with Crippen LogP contribution in [0.4, 0.5) is 20.3 Å². The number of thiophene rings is 1. The van der Waals surface area contributed by atoms with E-state index < -0.39 is 12.2 Å². The number of alkyl carbamates (subject to hydrolysis) is 1. The zero-order chi connectivity index (χ0) is 19.8. The van der Waals surface area contributed by atoms with Crippen molar-refractivity contribution in [3.05, 3.63) is 35.7 Å². The van der Waals surface area contributed by atoms with E-state index in [4.69, 9.17) is 0 Å². The highest BCUT2D eigenvalue weighted by molar-refractivity contribution is 7.15. The van der Waals surface area contributed by atoms with Gasteiger partial charge in [-0.2, -0.15) is 0 Å². The summed E-state index contributed by atoms with van der Waals surface area (Å²) >= 11 is 1.28. The van der Waals surface area contributed by atoms with Gasteiger partial charge in [-0.1, -0.05) is 30.3 Å². The third kappa shape index (κ3) is 5.54. The molecule has 9 nitrogen and oxygen atoms in total.